The minimum absolute atomic E-state index is 0.127. The Morgan fingerprint density at radius 2 is 2.36 bits per heavy atom. The predicted molar refractivity (Wildman–Crippen MR) is 43.2 cm³/mol. The van der Waals surface area contributed by atoms with Crippen LogP contribution in [-0.4, -0.2) is 24.0 Å². The van der Waals surface area contributed by atoms with Crippen LogP contribution in [0.2, 0.25) is 0 Å². The first kappa shape index (κ1) is 7.95. The Morgan fingerprint density at radius 3 is 2.82 bits per heavy atom. The van der Waals surface area contributed by atoms with Crippen LogP contribution >= 0.6 is 0 Å². The minimum Gasteiger partial charge on any atom is -0.268 e. The molecule has 1 rings (SSSR count). The fourth-order valence-electron chi connectivity index (χ4n) is 0.980. The zero-order valence-electron chi connectivity index (χ0n) is 6.32. The molecule has 0 fully saturated rings. The van der Waals surface area contributed by atoms with Crippen LogP contribution in [0.5, 0.6) is 0 Å². The Kier molecular flexibility index (Phi) is 2.39. The zero-order valence-corrected chi connectivity index (χ0v) is 6.32. The van der Waals surface area contributed by atoms with Crippen molar-refractivity contribution in [2.45, 2.75) is 6.04 Å². The number of hydrogen-bond donors (Lipinski definition) is 1. The molecule has 0 amide bonds. The summed E-state index contributed by atoms with van der Waals surface area (Å²) in [5.74, 6) is 7.32. The monoisotopic (exact) mass is 150 g/mol. The van der Waals surface area contributed by atoms with Crippen LogP contribution < -0.4 is 5.84 Å². The van der Waals surface area contributed by atoms with Gasteiger partial charge in [-0.15, -0.1) is 0 Å². The van der Waals surface area contributed by atoms with Gasteiger partial charge in [0.15, 0.2) is 0 Å². The molecular formula is C8H10N2O. The van der Waals surface area contributed by atoms with Crippen LogP contribution in [0.1, 0.15) is 0 Å². The smallest absolute Gasteiger partial charge is 0.130 e. The molecular weight excluding hydrogens is 140 g/mol. The van der Waals surface area contributed by atoms with Crippen molar-refractivity contribution in [1.82, 2.24) is 5.01 Å². The zero-order chi connectivity index (χ0) is 8.27. The summed E-state index contributed by atoms with van der Waals surface area (Å²) in [5, 5.41) is 1.47. The third-order valence-corrected chi connectivity index (χ3v) is 1.56. The van der Waals surface area contributed by atoms with E-state index >= 15 is 0 Å². The standard InChI is InChI=1S/C8H10N2O/c1-10(9)8-5-3-2-4-7(8)6-11/h2-5,8H,9H2,1H3. The van der Waals surface area contributed by atoms with Crippen molar-refractivity contribution in [2.75, 3.05) is 7.05 Å². The topological polar surface area (TPSA) is 46.3 Å². The molecule has 0 aromatic rings. The number of nitrogens with two attached hydrogens (primary N) is 1. The number of likely N-dealkylation sites (N-methyl/N-ethyl adjacent to an activating group) is 1. The molecule has 3 heteroatoms. The van der Waals surface area contributed by atoms with Gasteiger partial charge >= 0.3 is 0 Å². The molecule has 0 saturated carbocycles. The van der Waals surface area contributed by atoms with E-state index in [0.717, 1.165) is 0 Å². The van der Waals surface area contributed by atoms with Gasteiger partial charge in [-0.3, -0.25) is 5.84 Å². The number of allylic oxidation sites excluding steroid dienone is 2. The summed E-state index contributed by atoms with van der Waals surface area (Å²) in [6, 6.07) is -0.127. The second-order valence-corrected chi connectivity index (χ2v) is 2.41. The number of nitrogens with zero attached hydrogens (tertiary/aromatic N) is 1. The summed E-state index contributed by atoms with van der Waals surface area (Å²) in [6.07, 6.45) is 7.20. The maximum absolute atomic E-state index is 10.3. The van der Waals surface area contributed by atoms with Crippen LogP contribution in [0.3, 0.4) is 0 Å². The number of hydrazine groups is 1. The summed E-state index contributed by atoms with van der Waals surface area (Å²) < 4.78 is 0. The molecule has 0 aromatic heterocycles. The highest BCUT2D eigenvalue weighted by molar-refractivity contribution is 5.62. The third kappa shape index (κ3) is 1.65. The molecule has 3 nitrogen and oxygen atoms in total. The van der Waals surface area contributed by atoms with Gasteiger partial charge in [0.1, 0.15) is 5.94 Å². The fraction of sp³-hybridized carbons (Fsp3) is 0.250. The van der Waals surface area contributed by atoms with Crippen LogP contribution in [0.15, 0.2) is 29.9 Å². The fourth-order valence-corrected chi connectivity index (χ4v) is 0.980. The molecule has 1 unspecified atom stereocenters. The lowest BCUT2D eigenvalue weighted by Crippen LogP contribution is -2.37. The minimum atomic E-state index is -0.127. The van der Waals surface area contributed by atoms with Crippen molar-refractivity contribution in [2.24, 2.45) is 5.84 Å². The normalized spacial score (nSPS) is 22.5. The molecule has 0 aromatic carbocycles. The van der Waals surface area contributed by atoms with Crippen molar-refractivity contribution in [3.63, 3.8) is 0 Å². The van der Waals surface area contributed by atoms with Gasteiger partial charge in [-0.25, -0.2) is 9.80 Å². The van der Waals surface area contributed by atoms with Gasteiger partial charge in [0.2, 0.25) is 0 Å². The number of carbonyl (C=O) groups excluding carboxylic acids is 1. The molecule has 0 aliphatic heterocycles. The van der Waals surface area contributed by atoms with Crippen LogP contribution in [0, 0.1) is 0 Å². The lowest BCUT2D eigenvalue weighted by Gasteiger charge is -2.20. The Labute approximate surface area is 65.5 Å². The van der Waals surface area contributed by atoms with E-state index in [4.69, 9.17) is 5.84 Å². The molecule has 58 valence electrons. The van der Waals surface area contributed by atoms with Crippen LogP contribution in [0.4, 0.5) is 0 Å². The average Bonchev–Trinajstić information content (AvgIpc) is 2.04. The molecule has 2 N–H and O–H groups in total. The molecule has 1 aliphatic rings. The van der Waals surface area contributed by atoms with E-state index in [2.05, 4.69) is 0 Å². The van der Waals surface area contributed by atoms with Gasteiger partial charge in [0.25, 0.3) is 0 Å². The Bertz CT molecular complexity index is 247. The first-order valence-electron chi connectivity index (χ1n) is 3.33. The first-order chi connectivity index (χ1) is 5.25. The van der Waals surface area contributed by atoms with Crippen molar-refractivity contribution < 1.29 is 4.79 Å². The predicted octanol–water partition coefficient (Wildman–Crippen LogP) is 0.0445. The summed E-state index contributed by atoms with van der Waals surface area (Å²) >= 11 is 0. The molecule has 0 radical (unpaired) electrons. The van der Waals surface area contributed by atoms with Crippen LogP contribution in [0.25, 0.3) is 0 Å². The van der Waals surface area contributed by atoms with E-state index in [1.54, 1.807) is 19.2 Å². The summed E-state index contributed by atoms with van der Waals surface area (Å²) in [6.45, 7) is 0. The van der Waals surface area contributed by atoms with E-state index in [-0.39, 0.29) is 6.04 Å². The first-order valence-corrected chi connectivity index (χ1v) is 3.33. The molecule has 0 bridgehead atoms. The van der Waals surface area contributed by atoms with Gasteiger partial charge in [0.05, 0.1) is 11.6 Å². The summed E-state index contributed by atoms with van der Waals surface area (Å²) in [7, 11) is 1.71. The summed E-state index contributed by atoms with van der Waals surface area (Å²) in [5.41, 5.74) is 0.567. The molecule has 11 heavy (non-hydrogen) atoms. The van der Waals surface area contributed by atoms with E-state index < -0.39 is 0 Å². The summed E-state index contributed by atoms with van der Waals surface area (Å²) in [4.78, 5) is 10.3. The Balaban J connectivity index is 2.88. The van der Waals surface area contributed by atoms with Crippen molar-refractivity contribution >= 4 is 5.94 Å². The second-order valence-electron chi connectivity index (χ2n) is 2.41. The Hall–Kier alpha value is -1.15. The maximum atomic E-state index is 10.3. The van der Waals surface area contributed by atoms with Crippen LogP contribution in [-0.2, 0) is 4.79 Å². The largest absolute Gasteiger partial charge is 0.268 e. The van der Waals surface area contributed by atoms with Crippen molar-refractivity contribution in [3.05, 3.63) is 29.9 Å². The number of rotatable bonds is 1. The van der Waals surface area contributed by atoms with Crippen molar-refractivity contribution in [3.8, 4) is 0 Å². The van der Waals surface area contributed by atoms with E-state index in [0.29, 0.717) is 5.57 Å². The van der Waals surface area contributed by atoms with Gasteiger partial charge in [-0.2, -0.15) is 0 Å². The quantitative estimate of drug-likeness (QED) is 0.326. The Morgan fingerprint density at radius 1 is 1.64 bits per heavy atom. The average molecular weight is 150 g/mol. The maximum Gasteiger partial charge on any atom is 0.130 e. The highest BCUT2D eigenvalue weighted by Gasteiger charge is 2.14. The third-order valence-electron chi connectivity index (χ3n) is 1.56. The van der Waals surface area contributed by atoms with Gasteiger partial charge in [0, 0.05) is 7.05 Å². The molecule has 1 aliphatic carbocycles. The van der Waals surface area contributed by atoms with E-state index in [1.165, 1.54) is 5.01 Å². The SMILES string of the molecule is CN(N)C1C=CC=CC1=C=O. The van der Waals surface area contributed by atoms with Crippen molar-refractivity contribution in [1.29, 1.82) is 0 Å². The van der Waals surface area contributed by atoms with Gasteiger partial charge in [-0.05, 0) is 6.08 Å². The molecule has 0 saturated heterocycles. The van der Waals surface area contributed by atoms with E-state index in [9.17, 15) is 4.79 Å². The lowest BCUT2D eigenvalue weighted by atomic mass is 10.0. The van der Waals surface area contributed by atoms with Gasteiger partial charge in [-0.1, -0.05) is 18.2 Å². The van der Waals surface area contributed by atoms with E-state index in [1.807, 2.05) is 18.1 Å². The highest BCUT2D eigenvalue weighted by atomic mass is 16.1. The second kappa shape index (κ2) is 3.30. The highest BCUT2D eigenvalue weighted by Crippen LogP contribution is 2.10. The lowest BCUT2D eigenvalue weighted by molar-refractivity contribution is 0.325. The number of hydrogen-bond acceptors (Lipinski definition) is 3. The molecule has 0 spiro atoms. The van der Waals surface area contributed by atoms with Gasteiger partial charge < -0.3 is 0 Å². The molecule has 0 heterocycles. The molecule has 1 atom stereocenters.